The second kappa shape index (κ2) is 13.3. The molecule has 0 aliphatic rings. The number of hydrogen-bond acceptors (Lipinski definition) is 6. The Kier molecular flexibility index (Phi) is 7.23. The van der Waals surface area contributed by atoms with Crippen LogP contribution in [0.25, 0.3) is 133 Å². The number of fused-ring (bicyclic) bond motifs is 12. The van der Waals surface area contributed by atoms with Gasteiger partial charge in [-0.05, 0) is 143 Å². The molecule has 64 heavy (non-hydrogen) atoms. The molecule has 0 spiro atoms. The van der Waals surface area contributed by atoms with Gasteiger partial charge in [-0.3, -0.25) is 19.9 Å². The highest BCUT2D eigenvalue weighted by molar-refractivity contribution is 6.10. The van der Waals surface area contributed by atoms with Crippen molar-refractivity contribution in [2.75, 3.05) is 0 Å². The minimum absolute atomic E-state index is 0.858. The molecular weight excluding hydrogens is 789 g/mol. The molecule has 0 saturated carbocycles. The maximum Gasteiger partial charge on any atom is 0.135 e. The fourth-order valence-corrected chi connectivity index (χ4v) is 9.87. The summed E-state index contributed by atoms with van der Waals surface area (Å²) in [5.41, 5.74) is 17.7. The largest absolute Gasteiger partial charge is 0.456 e. The Morgan fingerprint density at radius 3 is 1.25 bits per heavy atom. The van der Waals surface area contributed by atoms with Crippen molar-refractivity contribution >= 4 is 87.7 Å². The maximum atomic E-state index is 6.29. The molecular formula is C56H32N6O2. The molecule has 14 rings (SSSR count). The zero-order valence-corrected chi connectivity index (χ0v) is 34.0. The summed E-state index contributed by atoms with van der Waals surface area (Å²) >= 11 is 0. The third kappa shape index (κ3) is 5.17. The van der Waals surface area contributed by atoms with Gasteiger partial charge in [0.25, 0.3) is 0 Å². The lowest BCUT2D eigenvalue weighted by Gasteiger charge is -2.17. The average Bonchev–Trinajstić information content (AvgIpc) is 4.11. The molecule has 0 aliphatic carbocycles. The third-order valence-electron chi connectivity index (χ3n) is 12.8. The van der Waals surface area contributed by atoms with Crippen LogP contribution in [0.5, 0.6) is 0 Å². The van der Waals surface area contributed by atoms with Crippen molar-refractivity contribution in [3.05, 3.63) is 195 Å². The van der Waals surface area contributed by atoms with Gasteiger partial charge in [0.15, 0.2) is 0 Å². The normalized spacial score (nSPS) is 12.1. The first-order valence-electron chi connectivity index (χ1n) is 21.2. The number of pyridine rings is 4. The van der Waals surface area contributed by atoms with Crippen LogP contribution in [0, 0.1) is 0 Å². The molecule has 0 bridgehead atoms. The summed E-state index contributed by atoms with van der Waals surface area (Å²) in [5.74, 6) is 0. The van der Waals surface area contributed by atoms with Gasteiger partial charge in [-0.25, -0.2) is 0 Å². The summed E-state index contributed by atoms with van der Waals surface area (Å²) < 4.78 is 17.2. The van der Waals surface area contributed by atoms with Crippen molar-refractivity contribution in [1.82, 2.24) is 29.1 Å². The van der Waals surface area contributed by atoms with Gasteiger partial charge in [-0.15, -0.1) is 0 Å². The second-order valence-electron chi connectivity index (χ2n) is 16.4. The van der Waals surface area contributed by atoms with Crippen LogP contribution in [0.1, 0.15) is 0 Å². The lowest BCUT2D eigenvalue weighted by molar-refractivity contribution is 0.668. The maximum absolute atomic E-state index is 6.29. The first kappa shape index (κ1) is 34.8. The van der Waals surface area contributed by atoms with E-state index in [1.54, 1.807) is 0 Å². The molecule has 0 radical (unpaired) electrons. The summed E-state index contributed by atoms with van der Waals surface area (Å²) in [5, 5.41) is 6.42. The van der Waals surface area contributed by atoms with Crippen LogP contribution in [-0.2, 0) is 0 Å². The molecule has 0 saturated heterocycles. The van der Waals surface area contributed by atoms with Crippen molar-refractivity contribution in [3.8, 4) is 44.8 Å². The smallest absolute Gasteiger partial charge is 0.135 e. The molecule has 0 fully saturated rings. The van der Waals surface area contributed by atoms with Crippen LogP contribution in [-0.4, -0.2) is 29.1 Å². The van der Waals surface area contributed by atoms with Gasteiger partial charge in [0.2, 0.25) is 0 Å². The van der Waals surface area contributed by atoms with E-state index < -0.39 is 0 Å². The first-order chi connectivity index (χ1) is 31.7. The fourth-order valence-electron chi connectivity index (χ4n) is 9.87. The minimum Gasteiger partial charge on any atom is -0.456 e. The van der Waals surface area contributed by atoms with Crippen molar-refractivity contribution in [2.45, 2.75) is 0 Å². The monoisotopic (exact) mass is 820 g/mol. The first-order valence-corrected chi connectivity index (χ1v) is 21.2. The highest BCUT2D eigenvalue weighted by Gasteiger charge is 2.20. The fraction of sp³-hybridized carbons (Fsp3) is 0. The van der Waals surface area contributed by atoms with Crippen LogP contribution in [0.15, 0.2) is 204 Å². The van der Waals surface area contributed by atoms with Gasteiger partial charge >= 0.3 is 0 Å². The van der Waals surface area contributed by atoms with Gasteiger partial charge in [0, 0.05) is 80.9 Å². The standard InChI is InChI=1S/C56H32N6O2/c1-3-11-51-41(7-1)43-29-33(13-15-53(43)63-51)35-23-37(27-39(25-35)61-47-17-21-57-31-45(47)46-32-58-22-18-48(46)61)38-24-36(34-14-16-54-44(30-34)42-8-2-4-12-52(42)64-54)26-40(28-38)62-49-9-5-19-59-55(49)56-50(62)10-6-20-60-56/h1-32H. The van der Waals surface area contributed by atoms with Crippen molar-refractivity contribution in [3.63, 3.8) is 0 Å². The summed E-state index contributed by atoms with van der Waals surface area (Å²) in [6.45, 7) is 0. The van der Waals surface area contributed by atoms with E-state index in [1.807, 2.05) is 73.6 Å². The molecule has 0 amide bonds. The van der Waals surface area contributed by atoms with Gasteiger partial charge in [0.1, 0.15) is 33.4 Å². The second-order valence-corrected chi connectivity index (χ2v) is 16.4. The number of rotatable bonds is 5. The van der Waals surface area contributed by atoms with Crippen LogP contribution in [0.3, 0.4) is 0 Å². The summed E-state index contributed by atoms with van der Waals surface area (Å²) in [6.07, 6.45) is 11.3. The average molecular weight is 821 g/mol. The van der Waals surface area contributed by atoms with Crippen LogP contribution in [0.4, 0.5) is 0 Å². The minimum atomic E-state index is 0.858. The Bertz CT molecular complexity index is 3850. The Morgan fingerprint density at radius 2 is 0.750 bits per heavy atom. The topological polar surface area (TPSA) is 87.7 Å². The quantitative estimate of drug-likeness (QED) is 0.172. The molecule has 8 nitrogen and oxygen atoms in total. The molecule has 8 heterocycles. The van der Waals surface area contributed by atoms with E-state index in [2.05, 4.69) is 140 Å². The van der Waals surface area contributed by atoms with Crippen LogP contribution < -0.4 is 0 Å². The Morgan fingerprint density at radius 1 is 0.312 bits per heavy atom. The summed E-state index contributed by atoms with van der Waals surface area (Å²) in [6, 6.07) is 55.7. The lowest BCUT2D eigenvalue weighted by Crippen LogP contribution is -1.98. The Hall–Kier alpha value is -8.88. The highest BCUT2D eigenvalue weighted by atomic mass is 16.3. The van der Waals surface area contributed by atoms with Gasteiger partial charge in [-0.1, -0.05) is 48.5 Å². The molecule has 6 aromatic carbocycles. The molecule has 298 valence electrons. The van der Waals surface area contributed by atoms with E-state index in [1.165, 1.54) is 0 Å². The van der Waals surface area contributed by atoms with Crippen molar-refractivity contribution in [1.29, 1.82) is 0 Å². The number of benzene rings is 6. The molecule has 0 aliphatic heterocycles. The number of aromatic nitrogens is 6. The molecule has 8 heteroatoms. The van der Waals surface area contributed by atoms with E-state index in [0.29, 0.717) is 0 Å². The molecule has 0 atom stereocenters. The van der Waals surface area contributed by atoms with Gasteiger partial charge in [-0.2, -0.15) is 0 Å². The molecule has 0 unspecified atom stereocenters. The van der Waals surface area contributed by atoms with Crippen molar-refractivity contribution in [2.24, 2.45) is 0 Å². The zero-order chi connectivity index (χ0) is 41.9. The number of nitrogens with zero attached hydrogens (tertiary/aromatic N) is 6. The van der Waals surface area contributed by atoms with Crippen LogP contribution in [0.2, 0.25) is 0 Å². The lowest BCUT2D eigenvalue weighted by atomic mass is 9.93. The third-order valence-corrected chi connectivity index (χ3v) is 12.8. The van der Waals surface area contributed by atoms with Crippen LogP contribution >= 0.6 is 0 Å². The predicted molar refractivity (Wildman–Crippen MR) is 257 cm³/mol. The summed E-state index contributed by atoms with van der Waals surface area (Å²) in [7, 11) is 0. The SMILES string of the molecule is c1ccc2c(c1)oc1ccc(-c3cc(-c4cc(-c5ccc6oc7ccccc7c6c5)cc(-n5c6cccnc6c6ncccc65)c4)cc(-n4c5ccncc5c5cnccc54)c3)cc12. The predicted octanol–water partition coefficient (Wildman–Crippen LogP) is 14.3. The van der Waals surface area contributed by atoms with E-state index in [4.69, 9.17) is 18.8 Å². The van der Waals surface area contributed by atoms with Gasteiger partial charge < -0.3 is 18.0 Å². The number of para-hydroxylation sites is 2. The van der Waals surface area contributed by atoms with E-state index in [-0.39, 0.29) is 0 Å². The number of furan rings is 2. The highest BCUT2D eigenvalue weighted by Crippen LogP contribution is 2.41. The van der Waals surface area contributed by atoms with E-state index in [9.17, 15) is 0 Å². The van der Waals surface area contributed by atoms with E-state index >= 15 is 0 Å². The zero-order valence-electron chi connectivity index (χ0n) is 34.0. The van der Waals surface area contributed by atoms with Gasteiger partial charge in [0.05, 0.1) is 22.1 Å². The summed E-state index contributed by atoms with van der Waals surface area (Å²) in [4.78, 5) is 18.7. The van der Waals surface area contributed by atoms with E-state index in [0.717, 1.165) is 133 Å². The molecule has 0 N–H and O–H groups in total. The van der Waals surface area contributed by atoms with Crippen molar-refractivity contribution < 1.29 is 8.83 Å². The molecule has 8 aromatic heterocycles. The number of hydrogen-bond donors (Lipinski definition) is 0. The Labute approximate surface area is 363 Å². The Balaban J connectivity index is 1.07. The molecule has 14 aromatic rings.